The minimum absolute atomic E-state index is 0.0452. The van der Waals surface area contributed by atoms with Crippen LogP contribution in [0.25, 0.3) is 0 Å². The third-order valence-corrected chi connectivity index (χ3v) is 4.54. The van der Waals surface area contributed by atoms with Crippen molar-refractivity contribution in [3.8, 4) is 11.5 Å². The van der Waals surface area contributed by atoms with Crippen LogP contribution in [0.3, 0.4) is 0 Å². The lowest BCUT2D eigenvalue weighted by Crippen LogP contribution is -2.44. The van der Waals surface area contributed by atoms with Crippen LogP contribution in [0.5, 0.6) is 11.5 Å². The Hall–Kier alpha value is -2.24. The molecule has 1 N–H and O–H groups in total. The highest BCUT2D eigenvalue weighted by atomic mass is 35.5. The molecule has 0 heterocycles. The lowest BCUT2D eigenvalue weighted by molar-refractivity contribution is -0.125. The number of carbonyl (C=O) groups excluding carboxylic acids is 1. The minimum Gasteiger partial charge on any atom is -0.496 e. The molecule has 2 aromatic carbocycles. The second-order valence-corrected chi connectivity index (χ2v) is 6.37. The Morgan fingerprint density at radius 1 is 1.15 bits per heavy atom. The van der Waals surface area contributed by atoms with Crippen molar-refractivity contribution in [2.75, 3.05) is 27.3 Å². The van der Waals surface area contributed by atoms with Crippen molar-refractivity contribution in [2.45, 2.75) is 19.5 Å². The number of rotatable bonds is 9. The topological polar surface area (TPSA) is 50.8 Å². The van der Waals surface area contributed by atoms with Crippen LogP contribution in [0, 0.1) is 0 Å². The predicted octanol–water partition coefficient (Wildman–Crippen LogP) is 3.36. The van der Waals surface area contributed by atoms with E-state index in [0.29, 0.717) is 30.5 Å². The van der Waals surface area contributed by atoms with E-state index in [0.717, 1.165) is 11.3 Å². The number of ether oxygens (including phenoxy) is 2. The van der Waals surface area contributed by atoms with Crippen LogP contribution in [0.15, 0.2) is 48.5 Å². The average molecular weight is 377 g/mol. The summed E-state index contributed by atoms with van der Waals surface area (Å²) in [6.45, 7) is 3.35. The predicted molar refractivity (Wildman–Crippen MR) is 104 cm³/mol. The summed E-state index contributed by atoms with van der Waals surface area (Å²) in [5.74, 6) is 1.37. The van der Waals surface area contributed by atoms with Gasteiger partial charge in [0.05, 0.1) is 18.2 Å². The number of methoxy groups -OCH3 is 1. The van der Waals surface area contributed by atoms with Crippen molar-refractivity contribution < 1.29 is 14.3 Å². The number of nitrogens with one attached hydrogen (secondary N) is 1. The van der Waals surface area contributed by atoms with Crippen LogP contribution in [-0.4, -0.2) is 44.2 Å². The number of para-hydroxylation sites is 2. The molecule has 1 atom stereocenters. The van der Waals surface area contributed by atoms with E-state index in [9.17, 15) is 4.79 Å². The van der Waals surface area contributed by atoms with Gasteiger partial charge in [0.2, 0.25) is 5.91 Å². The summed E-state index contributed by atoms with van der Waals surface area (Å²) in [5, 5.41) is 3.53. The Morgan fingerprint density at radius 3 is 2.50 bits per heavy atom. The molecule has 0 aliphatic heterocycles. The zero-order valence-electron chi connectivity index (χ0n) is 15.4. The van der Waals surface area contributed by atoms with E-state index in [4.69, 9.17) is 21.1 Å². The fourth-order valence-electron chi connectivity index (χ4n) is 2.43. The van der Waals surface area contributed by atoms with E-state index >= 15 is 0 Å². The molecule has 0 saturated carbocycles. The van der Waals surface area contributed by atoms with Gasteiger partial charge in [0.1, 0.15) is 18.1 Å². The third kappa shape index (κ3) is 5.64. The summed E-state index contributed by atoms with van der Waals surface area (Å²) in [6, 6.07) is 14.7. The molecular formula is C20H25ClN2O3. The molecule has 26 heavy (non-hydrogen) atoms. The zero-order valence-corrected chi connectivity index (χ0v) is 16.1. The van der Waals surface area contributed by atoms with Crippen molar-refractivity contribution >= 4 is 17.5 Å². The molecule has 0 spiro atoms. The Kier molecular flexibility index (Phi) is 7.75. The van der Waals surface area contributed by atoms with Crippen molar-refractivity contribution in [3.05, 3.63) is 59.1 Å². The van der Waals surface area contributed by atoms with Gasteiger partial charge in [0, 0.05) is 18.7 Å². The van der Waals surface area contributed by atoms with Gasteiger partial charge in [-0.15, -0.1) is 0 Å². The van der Waals surface area contributed by atoms with E-state index < -0.39 is 0 Å². The molecule has 0 aromatic heterocycles. The average Bonchev–Trinajstić information content (AvgIpc) is 2.67. The van der Waals surface area contributed by atoms with Gasteiger partial charge in [-0.05, 0) is 32.2 Å². The lowest BCUT2D eigenvalue weighted by atomic mass is 10.2. The number of amides is 1. The smallest absolute Gasteiger partial charge is 0.237 e. The van der Waals surface area contributed by atoms with Gasteiger partial charge < -0.3 is 14.8 Å². The van der Waals surface area contributed by atoms with Gasteiger partial charge in [0.15, 0.2) is 0 Å². The number of nitrogens with zero attached hydrogens (tertiary/aromatic N) is 1. The molecule has 0 bridgehead atoms. The Bertz CT molecular complexity index is 724. The van der Waals surface area contributed by atoms with Crippen LogP contribution in [-0.2, 0) is 11.3 Å². The zero-order chi connectivity index (χ0) is 18.9. The first-order valence-electron chi connectivity index (χ1n) is 8.50. The van der Waals surface area contributed by atoms with Crippen LogP contribution in [0.1, 0.15) is 12.5 Å². The molecular weight excluding hydrogens is 352 g/mol. The van der Waals surface area contributed by atoms with E-state index in [-0.39, 0.29) is 11.9 Å². The van der Waals surface area contributed by atoms with Gasteiger partial charge in [0.25, 0.3) is 0 Å². The molecule has 6 heteroatoms. The summed E-state index contributed by atoms with van der Waals surface area (Å²) in [4.78, 5) is 14.3. The summed E-state index contributed by atoms with van der Waals surface area (Å²) in [6.07, 6.45) is 0. The molecule has 0 fully saturated rings. The number of carbonyl (C=O) groups is 1. The molecule has 0 aliphatic carbocycles. The molecule has 1 unspecified atom stereocenters. The molecule has 1 amide bonds. The normalized spacial score (nSPS) is 11.9. The Balaban J connectivity index is 1.78. The number of hydrogen-bond donors (Lipinski definition) is 1. The number of likely N-dealkylation sites (N-methyl/N-ethyl adjacent to an activating group) is 1. The van der Waals surface area contributed by atoms with Gasteiger partial charge in [-0.2, -0.15) is 0 Å². The van der Waals surface area contributed by atoms with Crippen molar-refractivity contribution in [1.82, 2.24) is 10.2 Å². The Labute approximate surface area is 159 Å². The maximum Gasteiger partial charge on any atom is 0.237 e. The van der Waals surface area contributed by atoms with Crippen LogP contribution >= 0.6 is 11.6 Å². The minimum atomic E-state index is -0.278. The second-order valence-electron chi connectivity index (χ2n) is 5.97. The number of benzene rings is 2. The monoisotopic (exact) mass is 376 g/mol. The summed E-state index contributed by atoms with van der Waals surface area (Å²) in [5.41, 5.74) is 0.945. The van der Waals surface area contributed by atoms with Crippen molar-refractivity contribution in [2.24, 2.45) is 0 Å². The maximum absolute atomic E-state index is 12.4. The lowest BCUT2D eigenvalue weighted by Gasteiger charge is -2.24. The molecule has 2 rings (SSSR count). The van der Waals surface area contributed by atoms with E-state index in [1.54, 1.807) is 13.2 Å². The second kappa shape index (κ2) is 10.0. The first-order valence-corrected chi connectivity index (χ1v) is 8.88. The van der Waals surface area contributed by atoms with Crippen LogP contribution in [0.2, 0.25) is 5.02 Å². The summed E-state index contributed by atoms with van der Waals surface area (Å²) < 4.78 is 11.0. The molecule has 0 saturated heterocycles. The highest BCUT2D eigenvalue weighted by Gasteiger charge is 2.18. The number of hydrogen-bond acceptors (Lipinski definition) is 4. The SMILES string of the molecule is COc1ccccc1CNC(=O)C(C)N(C)CCOc1ccccc1Cl. The van der Waals surface area contributed by atoms with Gasteiger partial charge in [-0.1, -0.05) is 41.9 Å². The largest absolute Gasteiger partial charge is 0.496 e. The first kappa shape index (κ1) is 20.1. The molecule has 140 valence electrons. The standard InChI is InChI=1S/C20H25ClN2O3/c1-15(20(24)22-14-16-8-4-6-10-18(16)25-3)23(2)12-13-26-19-11-7-5-9-17(19)21/h4-11,15H,12-14H2,1-3H3,(H,22,24). The summed E-state index contributed by atoms with van der Waals surface area (Å²) >= 11 is 6.06. The summed E-state index contributed by atoms with van der Waals surface area (Å²) in [7, 11) is 3.51. The van der Waals surface area contributed by atoms with E-state index in [1.165, 1.54) is 0 Å². The molecule has 0 aliphatic rings. The van der Waals surface area contributed by atoms with E-state index in [2.05, 4.69) is 5.32 Å². The van der Waals surface area contributed by atoms with Gasteiger partial charge >= 0.3 is 0 Å². The highest BCUT2D eigenvalue weighted by molar-refractivity contribution is 6.32. The fraction of sp³-hybridized carbons (Fsp3) is 0.350. The van der Waals surface area contributed by atoms with Crippen molar-refractivity contribution in [1.29, 1.82) is 0 Å². The maximum atomic E-state index is 12.4. The van der Waals surface area contributed by atoms with E-state index in [1.807, 2.05) is 61.3 Å². The molecule has 2 aromatic rings. The molecule has 5 nitrogen and oxygen atoms in total. The quantitative estimate of drug-likeness (QED) is 0.729. The molecule has 0 radical (unpaired) electrons. The highest BCUT2D eigenvalue weighted by Crippen LogP contribution is 2.23. The fourth-order valence-corrected chi connectivity index (χ4v) is 2.62. The van der Waals surface area contributed by atoms with Gasteiger partial charge in [-0.3, -0.25) is 9.69 Å². The Morgan fingerprint density at radius 2 is 1.81 bits per heavy atom. The van der Waals surface area contributed by atoms with Gasteiger partial charge in [-0.25, -0.2) is 0 Å². The van der Waals surface area contributed by atoms with Crippen LogP contribution < -0.4 is 14.8 Å². The number of halogens is 1. The first-order chi connectivity index (χ1) is 12.5. The third-order valence-electron chi connectivity index (χ3n) is 4.22. The van der Waals surface area contributed by atoms with Crippen molar-refractivity contribution in [3.63, 3.8) is 0 Å². The van der Waals surface area contributed by atoms with Crippen LogP contribution in [0.4, 0.5) is 0 Å².